The lowest BCUT2D eigenvalue weighted by molar-refractivity contribution is 0.0638. The summed E-state index contributed by atoms with van der Waals surface area (Å²) in [6.07, 6.45) is 5.47. The van der Waals surface area contributed by atoms with Gasteiger partial charge in [0, 0.05) is 10.7 Å². The van der Waals surface area contributed by atoms with Crippen molar-refractivity contribution in [3.63, 3.8) is 0 Å². The third kappa shape index (κ3) is 2.32. The molecule has 2 unspecified atom stereocenters. The zero-order chi connectivity index (χ0) is 11.1. The Morgan fingerprint density at radius 3 is 2.33 bits per heavy atom. The largest absolute Gasteiger partial charge is 0.393 e. The van der Waals surface area contributed by atoms with Gasteiger partial charge in [-0.25, -0.2) is 8.42 Å². The Morgan fingerprint density at radius 2 is 1.87 bits per heavy atom. The lowest BCUT2D eigenvalue weighted by Gasteiger charge is -2.29. The molecule has 0 aromatic heterocycles. The van der Waals surface area contributed by atoms with E-state index in [-0.39, 0.29) is 12.0 Å². The lowest BCUT2D eigenvalue weighted by Crippen LogP contribution is -2.31. The summed E-state index contributed by atoms with van der Waals surface area (Å²) in [5, 5.41) is 9.79. The highest BCUT2D eigenvalue weighted by Crippen LogP contribution is 2.51. The van der Waals surface area contributed by atoms with Gasteiger partial charge in [0.15, 0.2) is 0 Å². The third-order valence-corrected chi connectivity index (χ3v) is 6.42. The Kier molecular flexibility index (Phi) is 3.03. The van der Waals surface area contributed by atoms with Gasteiger partial charge in [-0.2, -0.15) is 0 Å². The number of aliphatic hydroxyl groups is 1. The van der Waals surface area contributed by atoms with Crippen molar-refractivity contribution in [2.24, 2.45) is 5.92 Å². The second kappa shape index (κ2) is 3.90. The molecule has 0 aromatic rings. The first-order valence-corrected chi connectivity index (χ1v) is 7.88. The number of rotatable bonds is 3. The summed E-state index contributed by atoms with van der Waals surface area (Å²) in [5.41, 5.74) is 0. The number of hydrogen-bond donors (Lipinski definition) is 1. The minimum absolute atomic E-state index is 0.134. The molecule has 3 nitrogen and oxygen atoms in total. The van der Waals surface area contributed by atoms with E-state index in [1.807, 2.05) is 0 Å². The minimum atomic E-state index is -3.45. The molecule has 2 rings (SSSR count). The number of halogens is 1. The van der Waals surface area contributed by atoms with Crippen LogP contribution in [0.4, 0.5) is 0 Å². The molecule has 2 saturated carbocycles. The van der Waals surface area contributed by atoms with Crippen LogP contribution in [-0.2, 0) is 9.05 Å². The Hall–Kier alpha value is 0.200. The van der Waals surface area contributed by atoms with Crippen LogP contribution in [0.3, 0.4) is 0 Å². The van der Waals surface area contributed by atoms with E-state index < -0.39 is 13.8 Å². The van der Waals surface area contributed by atoms with Crippen LogP contribution in [0.2, 0.25) is 0 Å². The molecule has 2 aliphatic rings. The third-order valence-electron chi connectivity index (χ3n) is 3.83. The molecule has 0 saturated heterocycles. The molecule has 2 fully saturated rings. The second-order valence-corrected chi connectivity index (χ2v) is 7.90. The zero-order valence-corrected chi connectivity index (χ0v) is 10.2. The van der Waals surface area contributed by atoms with E-state index >= 15 is 0 Å². The van der Waals surface area contributed by atoms with Gasteiger partial charge in [-0.05, 0) is 38.0 Å². The molecular weight excluding hydrogens is 236 g/mol. The van der Waals surface area contributed by atoms with Crippen LogP contribution >= 0.6 is 10.7 Å². The van der Waals surface area contributed by atoms with Crippen molar-refractivity contribution in [2.75, 3.05) is 0 Å². The fourth-order valence-corrected chi connectivity index (χ4v) is 4.25. The molecule has 0 heterocycles. The van der Waals surface area contributed by atoms with Crippen LogP contribution < -0.4 is 0 Å². The van der Waals surface area contributed by atoms with Crippen molar-refractivity contribution in [3.05, 3.63) is 0 Å². The van der Waals surface area contributed by atoms with Gasteiger partial charge in [-0.3, -0.25) is 0 Å². The maximum atomic E-state index is 11.4. The first kappa shape index (κ1) is 11.7. The minimum Gasteiger partial charge on any atom is -0.393 e. The van der Waals surface area contributed by atoms with Crippen LogP contribution in [0.5, 0.6) is 0 Å². The molecule has 2 aliphatic carbocycles. The maximum Gasteiger partial charge on any atom is 0.238 e. The Bertz CT molecular complexity index is 335. The Labute approximate surface area is 95.2 Å². The van der Waals surface area contributed by atoms with Crippen LogP contribution in [0.1, 0.15) is 44.9 Å². The lowest BCUT2D eigenvalue weighted by atomic mass is 9.83. The average molecular weight is 253 g/mol. The van der Waals surface area contributed by atoms with Gasteiger partial charge in [0.05, 0.1) is 10.9 Å². The molecule has 0 aliphatic heterocycles. The molecule has 0 amide bonds. The van der Waals surface area contributed by atoms with Gasteiger partial charge in [0.25, 0.3) is 0 Å². The molecule has 0 radical (unpaired) electrons. The summed E-state index contributed by atoms with van der Waals surface area (Å²) in [7, 11) is 1.99. The standard InChI is InChI=1S/C10H17ClO3S/c11-15(13,14)10(5-6-10)7-8-3-1-2-4-9(8)12/h8-9,12H,1-7H2. The monoisotopic (exact) mass is 252 g/mol. The highest BCUT2D eigenvalue weighted by atomic mass is 35.7. The van der Waals surface area contributed by atoms with Gasteiger partial charge in [0.1, 0.15) is 0 Å². The normalized spacial score (nSPS) is 35.1. The fraction of sp³-hybridized carbons (Fsp3) is 1.00. The predicted molar refractivity (Wildman–Crippen MR) is 59.3 cm³/mol. The molecule has 2 atom stereocenters. The first-order valence-electron chi connectivity index (χ1n) is 5.57. The summed E-state index contributed by atoms with van der Waals surface area (Å²) < 4.78 is 22.1. The van der Waals surface area contributed by atoms with Gasteiger partial charge >= 0.3 is 0 Å². The first-order chi connectivity index (χ1) is 6.95. The predicted octanol–water partition coefficient (Wildman–Crippen LogP) is 2.03. The van der Waals surface area contributed by atoms with E-state index in [1.54, 1.807) is 0 Å². The number of aliphatic hydroxyl groups excluding tert-OH is 1. The smallest absolute Gasteiger partial charge is 0.238 e. The second-order valence-electron chi connectivity index (χ2n) is 4.94. The van der Waals surface area contributed by atoms with Crippen molar-refractivity contribution in [2.45, 2.75) is 55.8 Å². The fourth-order valence-electron chi connectivity index (χ4n) is 2.59. The van der Waals surface area contributed by atoms with E-state index in [0.29, 0.717) is 19.3 Å². The summed E-state index contributed by atoms with van der Waals surface area (Å²) in [6, 6.07) is 0. The average Bonchev–Trinajstić information content (AvgIpc) is 2.89. The van der Waals surface area contributed by atoms with Crippen molar-refractivity contribution in [1.29, 1.82) is 0 Å². The van der Waals surface area contributed by atoms with Gasteiger partial charge in [-0.1, -0.05) is 12.8 Å². The molecule has 0 aromatic carbocycles. The van der Waals surface area contributed by atoms with Crippen molar-refractivity contribution < 1.29 is 13.5 Å². The molecule has 15 heavy (non-hydrogen) atoms. The number of hydrogen-bond acceptors (Lipinski definition) is 3. The molecular formula is C10H17ClO3S. The van der Waals surface area contributed by atoms with Crippen LogP contribution in [0.15, 0.2) is 0 Å². The molecule has 5 heteroatoms. The zero-order valence-electron chi connectivity index (χ0n) is 8.65. The highest BCUT2D eigenvalue weighted by molar-refractivity contribution is 8.15. The molecule has 1 N–H and O–H groups in total. The van der Waals surface area contributed by atoms with Crippen molar-refractivity contribution >= 4 is 19.7 Å². The maximum absolute atomic E-state index is 11.4. The van der Waals surface area contributed by atoms with Gasteiger partial charge in [-0.15, -0.1) is 0 Å². The highest BCUT2D eigenvalue weighted by Gasteiger charge is 2.55. The van der Waals surface area contributed by atoms with E-state index in [1.165, 1.54) is 0 Å². The van der Waals surface area contributed by atoms with Gasteiger partial charge in [0.2, 0.25) is 9.05 Å². The summed E-state index contributed by atoms with van der Waals surface area (Å²) in [4.78, 5) is 0. The van der Waals surface area contributed by atoms with Crippen molar-refractivity contribution in [1.82, 2.24) is 0 Å². The summed E-state index contributed by atoms with van der Waals surface area (Å²) in [5.74, 6) is 0.134. The van der Waals surface area contributed by atoms with Gasteiger partial charge < -0.3 is 5.11 Å². The van der Waals surface area contributed by atoms with E-state index in [9.17, 15) is 13.5 Å². The topological polar surface area (TPSA) is 54.4 Å². The van der Waals surface area contributed by atoms with E-state index in [2.05, 4.69) is 0 Å². The molecule has 0 spiro atoms. The SMILES string of the molecule is O=S(=O)(Cl)C1(CC2CCCCC2O)CC1. The quantitative estimate of drug-likeness (QED) is 0.782. The van der Waals surface area contributed by atoms with Crippen LogP contribution in [0.25, 0.3) is 0 Å². The Balaban J connectivity index is 2.02. The van der Waals surface area contributed by atoms with Crippen LogP contribution in [-0.4, -0.2) is 24.4 Å². The molecule has 88 valence electrons. The van der Waals surface area contributed by atoms with E-state index in [4.69, 9.17) is 10.7 Å². The summed E-state index contributed by atoms with van der Waals surface area (Å²) in [6.45, 7) is 0. The van der Waals surface area contributed by atoms with E-state index in [0.717, 1.165) is 25.7 Å². The molecule has 0 bridgehead atoms. The summed E-state index contributed by atoms with van der Waals surface area (Å²) >= 11 is 0. The van der Waals surface area contributed by atoms with Crippen LogP contribution in [0, 0.1) is 5.92 Å². The van der Waals surface area contributed by atoms with Crippen molar-refractivity contribution in [3.8, 4) is 0 Å². The Morgan fingerprint density at radius 1 is 1.27 bits per heavy atom.